The maximum absolute atomic E-state index is 13.9. The number of halogens is 1. The molecule has 3 rings (SSSR count). The molecule has 0 radical (unpaired) electrons. The van der Waals surface area contributed by atoms with E-state index in [2.05, 4.69) is 4.90 Å². The highest BCUT2D eigenvalue weighted by Crippen LogP contribution is 2.24. The summed E-state index contributed by atoms with van der Waals surface area (Å²) in [6.45, 7) is 3.79. The number of rotatable bonds is 3. The second-order valence-electron chi connectivity index (χ2n) is 5.97. The largest absolute Gasteiger partial charge is 0.508 e. The molecule has 0 aliphatic carbocycles. The summed E-state index contributed by atoms with van der Waals surface area (Å²) in [6.07, 6.45) is 4.42. The van der Waals surface area contributed by atoms with E-state index in [1.165, 1.54) is 25.0 Å². The third-order valence-electron chi connectivity index (χ3n) is 4.49. The van der Waals surface area contributed by atoms with Crippen molar-refractivity contribution in [2.24, 2.45) is 0 Å². The van der Waals surface area contributed by atoms with Crippen LogP contribution in [0.15, 0.2) is 18.2 Å². The molecule has 1 amide bonds. The molecule has 2 fully saturated rings. The molecule has 1 N–H and O–H groups in total. The van der Waals surface area contributed by atoms with Gasteiger partial charge in [0.1, 0.15) is 11.6 Å². The van der Waals surface area contributed by atoms with E-state index in [0.717, 1.165) is 38.5 Å². The van der Waals surface area contributed by atoms with Crippen LogP contribution in [0.3, 0.4) is 0 Å². The van der Waals surface area contributed by atoms with Crippen LogP contribution in [0.1, 0.15) is 36.0 Å². The number of carbonyl (C=O) groups excluding carboxylic acids is 1. The third-order valence-corrected chi connectivity index (χ3v) is 4.49. The molecule has 0 aromatic heterocycles. The van der Waals surface area contributed by atoms with Gasteiger partial charge in [-0.2, -0.15) is 0 Å². The lowest BCUT2D eigenvalue weighted by Gasteiger charge is -2.28. The molecule has 5 heteroatoms. The number of aromatic hydroxyl groups is 1. The fraction of sp³-hybridized carbons (Fsp3) is 0.562. The fourth-order valence-electron chi connectivity index (χ4n) is 3.39. The Morgan fingerprint density at radius 1 is 1.24 bits per heavy atom. The van der Waals surface area contributed by atoms with Crippen molar-refractivity contribution >= 4 is 5.91 Å². The van der Waals surface area contributed by atoms with Crippen LogP contribution in [-0.2, 0) is 0 Å². The van der Waals surface area contributed by atoms with E-state index in [9.17, 15) is 14.3 Å². The summed E-state index contributed by atoms with van der Waals surface area (Å²) in [5.41, 5.74) is 0.0566. The summed E-state index contributed by atoms with van der Waals surface area (Å²) < 4.78 is 13.9. The van der Waals surface area contributed by atoms with Crippen molar-refractivity contribution in [3.63, 3.8) is 0 Å². The van der Waals surface area contributed by atoms with E-state index in [4.69, 9.17) is 0 Å². The van der Waals surface area contributed by atoms with E-state index in [1.54, 1.807) is 4.90 Å². The molecular weight excluding hydrogens is 271 g/mol. The average molecular weight is 292 g/mol. The normalized spacial score (nSPS) is 22.9. The Hall–Kier alpha value is -1.62. The minimum Gasteiger partial charge on any atom is -0.508 e. The molecule has 2 saturated heterocycles. The first-order chi connectivity index (χ1) is 10.1. The molecule has 1 atom stereocenters. The number of nitrogens with zero attached hydrogens (tertiary/aromatic N) is 2. The van der Waals surface area contributed by atoms with Crippen molar-refractivity contribution in [1.82, 2.24) is 9.80 Å². The quantitative estimate of drug-likeness (QED) is 0.929. The first kappa shape index (κ1) is 14.3. The fourth-order valence-corrected chi connectivity index (χ4v) is 3.39. The summed E-state index contributed by atoms with van der Waals surface area (Å²) in [5.74, 6) is -1.06. The Labute approximate surface area is 124 Å². The van der Waals surface area contributed by atoms with Crippen LogP contribution in [0.2, 0.25) is 0 Å². The number of carbonyl (C=O) groups is 1. The summed E-state index contributed by atoms with van der Waals surface area (Å²) in [4.78, 5) is 16.7. The molecule has 0 bridgehead atoms. The van der Waals surface area contributed by atoms with Crippen molar-refractivity contribution in [3.8, 4) is 5.75 Å². The number of amides is 1. The van der Waals surface area contributed by atoms with E-state index in [0.29, 0.717) is 6.54 Å². The second-order valence-corrected chi connectivity index (χ2v) is 5.97. The van der Waals surface area contributed by atoms with E-state index in [-0.39, 0.29) is 23.3 Å². The van der Waals surface area contributed by atoms with Crippen molar-refractivity contribution in [2.75, 3.05) is 26.2 Å². The maximum Gasteiger partial charge on any atom is 0.257 e. The number of likely N-dealkylation sites (tertiary alicyclic amines) is 2. The lowest BCUT2D eigenvalue weighted by atomic mass is 10.1. The summed E-state index contributed by atoms with van der Waals surface area (Å²) in [5, 5.41) is 9.25. The minimum atomic E-state index is -0.646. The summed E-state index contributed by atoms with van der Waals surface area (Å²) in [7, 11) is 0. The first-order valence-corrected chi connectivity index (χ1v) is 7.67. The van der Waals surface area contributed by atoms with Gasteiger partial charge in [-0.15, -0.1) is 0 Å². The molecule has 1 aromatic carbocycles. The zero-order valence-electron chi connectivity index (χ0n) is 12.1. The van der Waals surface area contributed by atoms with Gasteiger partial charge in [0, 0.05) is 25.2 Å². The third kappa shape index (κ3) is 3.02. The molecule has 21 heavy (non-hydrogen) atoms. The number of phenols is 1. The standard InChI is InChI=1S/C16H21FN2O2/c17-15-10-13(20)5-6-14(15)16(21)19-9-3-4-12(19)11-18-7-1-2-8-18/h5-6,10,12,20H,1-4,7-9,11H2/t12-/m0/s1. The highest BCUT2D eigenvalue weighted by atomic mass is 19.1. The predicted octanol–water partition coefficient (Wildman–Crippen LogP) is 2.23. The lowest BCUT2D eigenvalue weighted by Crippen LogP contribution is -2.42. The van der Waals surface area contributed by atoms with E-state index in [1.807, 2.05) is 0 Å². The van der Waals surface area contributed by atoms with Crippen LogP contribution in [0.25, 0.3) is 0 Å². The molecule has 2 heterocycles. The van der Waals surface area contributed by atoms with Crippen LogP contribution in [0.4, 0.5) is 4.39 Å². The van der Waals surface area contributed by atoms with Crippen molar-refractivity contribution < 1.29 is 14.3 Å². The molecular formula is C16H21FN2O2. The van der Waals surface area contributed by atoms with Crippen LogP contribution < -0.4 is 0 Å². The van der Waals surface area contributed by atoms with Gasteiger partial charge in [0.2, 0.25) is 0 Å². The van der Waals surface area contributed by atoms with Gasteiger partial charge in [-0.25, -0.2) is 4.39 Å². The molecule has 0 saturated carbocycles. The Morgan fingerprint density at radius 2 is 2.00 bits per heavy atom. The minimum absolute atomic E-state index is 0.0566. The Balaban J connectivity index is 1.73. The first-order valence-electron chi connectivity index (χ1n) is 7.67. The zero-order valence-corrected chi connectivity index (χ0v) is 12.1. The molecule has 4 nitrogen and oxygen atoms in total. The number of hydrogen-bond acceptors (Lipinski definition) is 3. The molecule has 0 unspecified atom stereocenters. The Morgan fingerprint density at radius 3 is 2.71 bits per heavy atom. The van der Waals surface area contributed by atoms with Gasteiger partial charge in [-0.1, -0.05) is 0 Å². The van der Waals surface area contributed by atoms with Gasteiger partial charge in [-0.3, -0.25) is 4.79 Å². The van der Waals surface area contributed by atoms with Crippen molar-refractivity contribution in [2.45, 2.75) is 31.7 Å². The molecule has 2 aliphatic heterocycles. The number of hydrogen-bond donors (Lipinski definition) is 1. The molecule has 2 aliphatic rings. The lowest BCUT2D eigenvalue weighted by molar-refractivity contribution is 0.0704. The van der Waals surface area contributed by atoms with E-state index < -0.39 is 5.82 Å². The Bertz CT molecular complexity index is 529. The van der Waals surface area contributed by atoms with Gasteiger partial charge in [-0.05, 0) is 50.9 Å². The SMILES string of the molecule is O=C(c1ccc(O)cc1F)N1CCC[C@H]1CN1CCCC1. The van der Waals surface area contributed by atoms with Gasteiger partial charge < -0.3 is 14.9 Å². The summed E-state index contributed by atoms with van der Waals surface area (Å²) >= 11 is 0. The monoisotopic (exact) mass is 292 g/mol. The summed E-state index contributed by atoms with van der Waals surface area (Å²) in [6, 6.07) is 3.92. The van der Waals surface area contributed by atoms with Crippen LogP contribution >= 0.6 is 0 Å². The maximum atomic E-state index is 13.9. The number of benzene rings is 1. The van der Waals surface area contributed by atoms with Gasteiger partial charge in [0.15, 0.2) is 0 Å². The topological polar surface area (TPSA) is 43.8 Å². The van der Waals surface area contributed by atoms with Crippen LogP contribution in [0, 0.1) is 5.82 Å². The highest BCUT2D eigenvalue weighted by Gasteiger charge is 2.32. The zero-order chi connectivity index (χ0) is 14.8. The smallest absolute Gasteiger partial charge is 0.257 e. The van der Waals surface area contributed by atoms with Crippen LogP contribution in [0.5, 0.6) is 5.75 Å². The molecule has 1 aromatic rings. The van der Waals surface area contributed by atoms with Crippen molar-refractivity contribution in [1.29, 1.82) is 0 Å². The van der Waals surface area contributed by atoms with E-state index >= 15 is 0 Å². The van der Waals surface area contributed by atoms with Gasteiger partial charge >= 0.3 is 0 Å². The molecule has 0 spiro atoms. The van der Waals surface area contributed by atoms with Gasteiger partial charge in [0.05, 0.1) is 5.56 Å². The second kappa shape index (κ2) is 6.02. The highest BCUT2D eigenvalue weighted by molar-refractivity contribution is 5.95. The number of phenolic OH excluding ortho intramolecular Hbond substituents is 1. The van der Waals surface area contributed by atoms with Crippen LogP contribution in [-0.4, -0.2) is 53.0 Å². The average Bonchev–Trinajstić information content (AvgIpc) is 3.10. The molecule has 114 valence electrons. The van der Waals surface area contributed by atoms with Crippen molar-refractivity contribution in [3.05, 3.63) is 29.6 Å². The predicted molar refractivity (Wildman–Crippen MR) is 77.8 cm³/mol. The Kier molecular flexibility index (Phi) is 4.10. The van der Waals surface area contributed by atoms with Gasteiger partial charge in [0.25, 0.3) is 5.91 Å².